The Hall–Kier alpha value is -3.00. The first-order valence-corrected chi connectivity index (χ1v) is 13.8. The highest BCUT2D eigenvalue weighted by Gasteiger charge is 2.37. The van der Waals surface area contributed by atoms with E-state index in [0.29, 0.717) is 13.0 Å². The Morgan fingerprint density at radius 1 is 0.947 bits per heavy atom. The van der Waals surface area contributed by atoms with Crippen LogP contribution in [0.1, 0.15) is 74.4 Å². The van der Waals surface area contributed by atoms with Gasteiger partial charge in [-0.1, -0.05) is 49.7 Å². The molecule has 0 heterocycles. The summed E-state index contributed by atoms with van der Waals surface area (Å²) in [6.07, 6.45) is 0.812. The highest BCUT2D eigenvalue weighted by molar-refractivity contribution is 7.80. The number of carbonyl (C=O) groups excluding carboxylic acids is 3. The summed E-state index contributed by atoms with van der Waals surface area (Å²) in [6, 6.07) is 9.78. The van der Waals surface area contributed by atoms with Crippen LogP contribution < -0.4 is 10.6 Å². The summed E-state index contributed by atoms with van der Waals surface area (Å²) in [4.78, 5) is 42.3. The molecule has 0 saturated carbocycles. The highest BCUT2D eigenvalue weighted by atomic mass is 32.1. The van der Waals surface area contributed by atoms with Crippen LogP contribution in [0.25, 0.3) is 0 Å². The van der Waals surface area contributed by atoms with Crippen molar-refractivity contribution >= 4 is 36.2 Å². The summed E-state index contributed by atoms with van der Waals surface area (Å²) in [5.74, 6) is -0.637. The monoisotopic (exact) mass is 541 g/mol. The summed E-state index contributed by atoms with van der Waals surface area (Å²) in [7, 11) is 0. The molecule has 208 valence electrons. The number of anilines is 1. The molecule has 0 bridgehead atoms. The van der Waals surface area contributed by atoms with Gasteiger partial charge in [-0.2, -0.15) is 12.6 Å². The van der Waals surface area contributed by atoms with Gasteiger partial charge in [-0.25, -0.2) is 4.79 Å². The fourth-order valence-electron chi connectivity index (χ4n) is 4.42. The maximum atomic E-state index is 14.1. The minimum atomic E-state index is -0.968. The van der Waals surface area contributed by atoms with Crippen LogP contribution in [0.5, 0.6) is 0 Å². The molecule has 7 nitrogen and oxygen atoms in total. The van der Waals surface area contributed by atoms with Crippen LogP contribution in [0.3, 0.4) is 0 Å². The van der Waals surface area contributed by atoms with Crippen LogP contribution in [0.4, 0.5) is 10.5 Å². The summed E-state index contributed by atoms with van der Waals surface area (Å²) < 4.78 is 5.38. The lowest BCUT2D eigenvalue weighted by molar-refractivity contribution is -0.140. The van der Waals surface area contributed by atoms with E-state index in [2.05, 4.69) is 23.3 Å². The van der Waals surface area contributed by atoms with Gasteiger partial charge in [0.05, 0.1) is 0 Å². The largest absolute Gasteiger partial charge is 0.444 e. The van der Waals surface area contributed by atoms with Crippen molar-refractivity contribution in [3.05, 3.63) is 64.2 Å². The van der Waals surface area contributed by atoms with Crippen molar-refractivity contribution in [1.29, 1.82) is 0 Å². The van der Waals surface area contributed by atoms with E-state index >= 15 is 0 Å². The van der Waals surface area contributed by atoms with Gasteiger partial charge in [0.2, 0.25) is 5.91 Å². The van der Waals surface area contributed by atoms with E-state index in [1.54, 1.807) is 25.7 Å². The number of para-hydroxylation sites is 1. The fraction of sp³-hybridized carbons (Fsp3) is 0.500. The Morgan fingerprint density at radius 3 is 1.95 bits per heavy atom. The smallest absolute Gasteiger partial charge is 0.408 e. The predicted octanol–water partition coefficient (Wildman–Crippen LogP) is 6.05. The molecule has 38 heavy (non-hydrogen) atoms. The van der Waals surface area contributed by atoms with E-state index in [0.717, 1.165) is 39.9 Å². The Balaban J connectivity index is 2.58. The lowest BCUT2D eigenvalue weighted by Crippen LogP contribution is -2.53. The van der Waals surface area contributed by atoms with Gasteiger partial charge < -0.3 is 20.3 Å². The molecule has 0 fully saturated rings. The normalized spacial score (nSPS) is 12.9. The standard InChI is InChI=1S/C30H43N3O4S/c1-9-10-17-33(28(35)23(18-38)31-29(36)37-30(6,7)8)26(24-19(2)13-11-14-20(24)3)27(34)32-25-21(4)15-12-16-22(25)5/h11-16,23,26,38H,9-10,17-18H2,1-8H3,(H,31,36)(H,32,34). The topological polar surface area (TPSA) is 87.7 Å². The molecular weight excluding hydrogens is 498 g/mol. The van der Waals surface area contributed by atoms with Gasteiger partial charge in [0, 0.05) is 18.0 Å². The minimum Gasteiger partial charge on any atom is -0.444 e. The first kappa shape index (κ1) is 31.2. The van der Waals surface area contributed by atoms with Gasteiger partial charge in [0.1, 0.15) is 17.7 Å². The summed E-state index contributed by atoms with van der Waals surface area (Å²) in [5.41, 5.74) is 4.47. The maximum Gasteiger partial charge on any atom is 0.408 e. The number of hydrogen-bond acceptors (Lipinski definition) is 5. The number of amides is 3. The van der Waals surface area contributed by atoms with Crippen molar-refractivity contribution in [2.75, 3.05) is 17.6 Å². The average Bonchev–Trinajstić information content (AvgIpc) is 2.82. The van der Waals surface area contributed by atoms with Crippen LogP contribution in [0.15, 0.2) is 36.4 Å². The van der Waals surface area contributed by atoms with E-state index in [1.165, 1.54) is 0 Å². The van der Waals surface area contributed by atoms with E-state index in [9.17, 15) is 14.4 Å². The molecule has 2 aromatic rings. The van der Waals surface area contributed by atoms with Crippen molar-refractivity contribution in [3.8, 4) is 0 Å². The number of thiol groups is 1. The third-order valence-electron chi connectivity index (χ3n) is 6.31. The van der Waals surface area contributed by atoms with Gasteiger partial charge in [0.15, 0.2) is 0 Å². The molecule has 0 aromatic heterocycles. The first-order chi connectivity index (χ1) is 17.8. The number of nitrogens with one attached hydrogen (secondary N) is 2. The minimum absolute atomic E-state index is 0.0543. The zero-order valence-electron chi connectivity index (χ0n) is 24.0. The number of rotatable bonds is 10. The number of ether oxygens (including phenoxy) is 1. The Bertz CT molecular complexity index is 1100. The summed E-state index contributed by atoms with van der Waals surface area (Å²) in [5, 5.41) is 5.77. The molecule has 0 radical (unpaired) electrons. The summed E-state index contributed by atoms with van der Waals surface area (Å²) in [6.45, 7) is 15.4. The molecule has 0 saturated heterocycles. The molecule has 0 spiro atoms. The lowest BCUT2D eigenvalue weighted by Gasteiger charge is -2.35. The third-order valence-corrected chi connectivity index (χ3v) is 6.68. The van der Waals surface area contributed by atoms with Gasteiger partial charge >= 0.3 is 6.09 Å². The van der Waals surface area contributed by atoms with Gasteiger partial charge in [-0.15, -0.1) is 0 Å². The van der Waals surface area contributed by atoms with Crippen LogP contribution >= 0.6 is 12.6 Å². The van der Waals surface area contributed by atoms with Gasteiger partial charge in [-0.05, 0) is 82.7 Å². The van der Waals surface area contributed by atoms with E-state index in [4.69, 9.17) is 4.74 Å². The molecule has 0 aliphatic heterocycles. The molecule has 8 heteroatoms. The predicted molar refractivity (Wildman–Crippen MR) is 157 cm³/mol. The number of aryl methyl sites for hydroxylation is 4. The number of nitrogens with zero attached hydrogens (tertiary/aromatic N) is 1. The first-order valence-electron chi connectivity index (χ1n) is 13.1. The van der Waals surface area contributed by atoms with Crippen LogP contribution in [0, 0.1) is 27.7 Å². The number of alkyl carbamates (subject to hydrolysis) is 1. The van der Waals surface area contributed by atoms with Crippen molar-refractivity contribution in [1.82, 2.24) is 10.2 Å². The molecule has 0 aliphatic rings. The zero-order valence-corrected chi connectivity index (χ0v) is 24.9. The molecule has 3 amide bonds. The highest BCUT2D eigenvalue weighted by Crippen LogP contribution is 2.31. The quantitative estimate of drug-likeness (QED) is 0.320. The maximum absolute atomic E-state index is 14.1. The summed E-state index contributed by atoms with van der Waals surface area (Å²) >= 11 is 4.36. The Kier molecular flexibility index (Phi) is 11.2. The van der Waals surface area contributed by atoms with E-state index in [-0.39, 0.29) is 17.6 Å². The van der Waals surface area contributed by atoms with Gasteiger partial charge in [-0.3, -0.25) is 9.59 Å². The van der Waals surface area contributed by atoms with Crippen molar-refractivity contribution in [2.45, 2.75) is 85.9 Å². The molecule has 2 aromatic carbocycles. The SMILES string of the molecule is CCCCN(C(=O)C(CS)NC(=O)OC(C)(C)C)C(C(=O)Nc1c(C)cccc1C)c1c(C)cccc1C. The number of unbranched alkanes of at least 4 members (excludes halogenated alkanes) is 1. The third kappa shape index (κ3) is 8.25. The molecular formula is C30H43N3O4S. The lowest BCUT2D eigenvalue weighted by atomic mass is 9.93. The second-order valence-corrected chi connectivity index (χ2v) is 11.1. The zero-order chi connectivity index (χ0) is 28.6. The second kappa shape index (κ2) is 13.7. The molecule has 2 atom stereocenters. The van der Waals surface area contributed by atoms with Crippen LogP contribution in [0.2, 0.25) is 0 Å². The van der Waals surface area contributed by atoms with E-state index in [1.807, 2.05) is 71.0 Å². The van der Waals surface area contributed by atoms with Crippen molar-refractivity contribution < 1.29 is 19.1 Å². The molecule has 2 rings (SSSR count). The molecule has 2 N–H and O–H groups in total. The molecule has 2 unspecified atom stereocenters. The second-order valence-electron chi connectivity index (χ2n) is 10.7. The Morgan fingerprint density at radius 2 is 1.47 bits per heavy atom. The number of carbonyl (C=O) groups is 3. The Labute approximate surface area is 233 Å². The van der Waals surface area contributed by atoms with Crippen molar-refractivity contribution in [3.63, 3.8) is 0 Å². The number of benzene rings is 2. The van der Waals surface area contributed by atoms with Crippen LogP contribution in [-0.2, 0) is 14.3 Å². The fourth-order valence-corrected chi connectivity index (χ4v) is 4.67. The molecule has 0 aliphatic carbocycles. The van der Waals surface area contributed by atoms with E-state index < -0.39 is 23.8 Å². The van der Waals surface area contributed by atoms with Crippen molar-refractivity contribution in [2.24, 2.45) is 0 Å². The van der Waals surface area contributed by atoms with Gasteiger partial charge in [0.25, 0.3) is 5.91 Å². The van der Waals surface area contributed by atoms with Crippen LogP contribution in [-0.4, -0.2) is 46.7 Å². The average molecular weight is 542 g/mol. The number of hydrogen-bond donors (Lipinski definition) is 3.